The molecule has 232 valence electrons. The van der Waals surface area contributed by atoms with Gasteiger partial charge in [-0.2, -0.15) is 13.2 Å². The summed E-state index contributed by atoms with van der Waals surface area (Å²) in [5, 5.41) is 8.89. The Kier molecular flexibility index (Phi) is 9.55. The molecule has 12 nitrogen and oxygen atoms in total. The molecule has 1 saturated heterocycles. The lowest BCUT2D eigenvalue weighted by atomic mass is 10.1. The van der Waals surface area contributed by atoms with Gasteiger partial charge < -0.3 is 30.2 Å². The zero-order valence-electron chi connectivity index (χ0n) is 24.1. The molecule has 0 spiro atoms. The molecule has 1 fully saturated rings. The van der Waals surface area contributed by atoms with Crippen LogP contribution in [0.2, 0.25) is 0 Å². The van der Waals surface area contributed by atoms with Crippen molar-refractivity contribution < 1.29 is 32.2 Å². The van der Waals surface area contributed by atoms with Gasteiger partial charge in [0.1, 0.15) is 28.9 Å². The van der Waals surface area contributed by atoms with Crippen LogP contribution in [0.4, 0.5) is 36.3 Å². The SMILES string of the molecule is COc1ccc(C(=O)Nc2ccc(OC)c(C(F)(F)F)c2)cc1Nc1ncnc2cnc(NCCCN3CCOCC3)nc12. The van der Waals surface area contributed by atoms with E-state index in [1.807, 2.05) is 0 Å². The van der Waals surface area contributed by atoms with Crippen molar-refractivity contribution in [2.24, 2.45) is 0 Å². The Balaban J connectivity index is 1.32. The summed E-state index contributed by atoms with van der Waals surface area (Å²) >= 11 is 0. The number of rotatable bonds is 11. The summed E-state index contributed by atoms with van der Waals surface area (Å²) in [6.45, 7) is 4.95. The fraction of sp³-hybridized carbons (Fsp3) is 0.345. The second-order valence-electron chi connectivity index (χ2n) is 9.79. The lowest BCUT2D eigenvalue weighted by Gasteiger charge is -2.26. The number of aromatic nitrogens is 4. The van der Waals surface area contributed by atoms with Crippen LogP contribution in [-0.2, 0) is 10.9 Å². The summed E-state index contributed by atoms with van der Waals surface area (Å²) in [7, 11) is 2.61. The number of ether oxygens (including phenoxy) is 3. The van der Waals surface area contributed by atoms with E-state index in [0.29, 0.717) is 40.8 Å². The van der Waals surface area contributed by atoms with Crippen molar-refractivity contribution in [2.75, 3.05) is 69.6 Å². The lowest BCUT2D eigenvalue weighted by Crippen LogP contribution is -2.37. The molecule has 3 heterocycles. The van der Waals surface area contributed by atoms with Crippen LogP contribution < -0.4 is 25.4 Å². The summed E-state index contributed by atoms with van der Waals surface area (Å²) in [6.07, 6.45) is -0.817. The second kappa shape index (κ2) is 13.7. The van der Waals surface area contributed by atoms with E-state index in [1.54, 1.807) is 12.3 Å². The zero-order chi connectivity index (χ0) is 31.1. The number of methoxy groups -OCH3 is 2. The van der Waals surface area contributed by atoms with Crippen molar-refractivity contribution in [1.82, 2.24) is 24.8 Å². The van der Waals surface area contributed by atoms with Gasteiger partial charge >= 0.3 is 6.18 Å². The molecule has 5 rings (SSSR count). The van der Waals surface area contributed by atoms with Gasteiger partial charge in [-0.05, 0) is 49.4 Å². The van der Waals surface area contributed by atoms with E-state index < -0.39 is 17.6 Å². The fourth-order valence-corrected chi connectivity index (χ4v) is 4.64. The van der Waals surface area contributed by atoms with E-state index in [9.17, 15) is 18.0 Å². The largest absolute Gasteiger partial charge is 0.496 e. The number of carbonyl (C=O) groups excluding carboxylic acids is 1. The molecule has 44 heavy (non-hydrogen) atoms. The molecule has 1 aliphatic rings. The van der Waals surface area contributed by atoms with Gasteiger partial charge in [-0.3, -0.25) is 9.69 Å². The molecule has 2 aromatic carbocycles. The topological polar surface area (TPSA) is 136 Å². The van der Waals surface area contributed by atoms with Crippen LogP contribution in [0.5, 0.6) is 11.5 Å². The Morgan fingerprint density at radius 1 is 1.02 bits per heavy atom. The van der Waals surface area contributed by atoms with Gasteiger partial charge in [0.25, 0.3) is 5.91 Å². The number of amides is 1. The monoisotopic (exact) mass is 612 g/mol. The molecule has 4 aromatic rings. The lowest BCUT2D eigenvalue weighted by molar-refractivity contribution is -0.138. The summed E-state index contributed by atoms with van der Waals surface area (Å²) < 4.78 is 56.0. The maximum Gasteiger partial charge on any atom is 0.420 e. The standard InChI is InChI=1S/C29H31F3N8O4/c1-42-23-7-5-19(15-20(23)29(30,31)32)37-27(41)18-4-6-24(43-2)21(14-18)38-26-25-22(35-17-36-26)16-34-28(39-25)33-8-3-9-40-10-12-44-13-11-40/h4-7,14-17H,3,8-13H2,1-2H3,(H,37,41)(H,33,34,39)(H,35,36,38). The number of nitrogens with zero attached hydrogens (tertiary/aromatic N) is 5. The minimum atomic E-state index is -4.66. The summed E-state index contributed by atoms with van der Waals surface area (Å²) in [4.78, 5) is 32.9. The quantitative estimate of drug-likeness (QED) is 0.205. The first-order chi connectivity index (χ1) is 21.2. The molecule has 0 atom stereocenters. The first-order valence-electron chi connectivity index (χ1n) is 13.8. The maximum absolute atomic E-state index is 13.5. The Bertz CT molecular complexity index is 1620. The van der Waals surface area contributed by atoms with Crippen molar-refractivity contribution in [1.29, 1.82) is 0 Å². The highest BCUT2D eigenvalue weighted by molar-refractivity contribution is 6.05. The van der Waals surface area contributed by atoms with Gasteiger partial charge in [-0.15, -0.1) is 0 Å². The molecular weight excluding hydrogens is 581 g/mol. The predicted molar refractivity (Wildman–Crippen MR) is 158 cm³/mol. The molecule has 2 aromatic heterocycles. The van der Waals surface area contributed by atoms with Gasteiger partial charge in [-0.1, -0.05) is 0 Å². The second-order valence-corrected chi connectivity index (χ2v) is 9.79. The first kappa shape index (κ1) is 30.7. The van der Waals surface area contributed by atoms with E-state index in [2.05, 4.69) is 40.8 Å². The Morgan fingerprint density at radius 2 is 1.80 bits per heavy atom. The molecular formula is C29H31F3N8O4. The van der Waals surface area contributed by atoms with Crippen LogP contribution in [-0.4, -0.2) is 84.4 Å². The molecule has 15 heteroatoms. The number of morpholine rings is 1. The smallest absolute Gasteiger partial charge is 0.420 e. The van der Waals surface area contributed by atoms with E-state index in [-0.39, 0.29) is 17.0 Å². The van der Waals surface area contributed by atoms with Crippen LogP contribution in [0, 0.1) is 0 Å². The van der Waals surface area contributed by atoms with Crippen molar-refractivity contribution in [3.05, 3.63) is 60.0 Å². The Hall–Kier alpha value is -4.76. The van der Waals surface area contributed by atoms with Crippen LogP contribution in [0.15, 0.2) is 48.9 Å². The van der Waals surface area contributed by atoms with Gasteiger partial charge in [0.2, 0.25) is 5.95 Å². The molecule has 0 saturated carbocycles. The van der Waals surface area contributed by atoms with Gasteiger partial charge in [0.05, 0.1) is 44.9 Å². The third-order valence-corrected chi connectivity index (χ3v) is 6.89. The van der Waals surface area contributed by atoms with Crippen molar-refractivity contribution in [2.45, 2.75) is 12.6 Å². The molecule has 1 aliphatic heterocycles. The average Bonchev–Trinajstić information content (AvgIpc) is 3.03. The van der Waals surface area contributed by atoms with Crippen LogP contribution in [0.3, 0.4) is 0 Å². The molecule has 1 amide bonds. The number of anilines is 4. The Morgan fingerprint density at radius 3 is 2.55 bits per heavy atom. The zero-order valence-corrected chi connectivity index (χ0v) is 24.1. The van der Waals surface area contributed by atoms with Crippen molar-refractivity contribution in [3.8, 4) is 11.5 Å². The van der Waals surface area contributed by atoms with Crippen LogP contribution >= 0.6 is 0 Å². The molecule has 0 bridgehead atoms. The fourth-order valence-electron chi connectivity index (χ4n) is 4.64. The predicted octanol–water partition coefficient (Wildman–Crippen LogP) is 4.59. The third kappa shape index (κ3) is 7.41. The number of benzene rings is 2. The Labute approximate surface area is 251 Å². The maximum atomic E-state index is 13.5. The highest BCUT2D eigenvalue weighted by atomic mass is 19.4. The number of halogens is 3. The molecule has 3 N–H and O–H groups in total. The van der Waals surface area contributed by atoms with E-state index in [4.69, 9.17) is 14.2 Å². The minimum absolute atomic E-state index is 0.0445. The number of nitrogens with one attached hydrogen (secondary N) is 3. The first-order valence-corrected chi connectivity index (χ1v) is 13.8. The highest BCUT2D eigenvalue weighted by Crippen LogP contribution is 2.38. The molecule has 0 radical (unpaired) electrons. The molecule has 0 aliphatic carbocycles. The average molecular weight is 613 g/mol. The molecule has 0 unspecified atom stereocenters. The number of fused-ring (bicyclic) bond motifs is 1. The van der Waals surface area contributed by atoms with Crippen LogP contribution in [0.1, 0.15) is 22.3 Å². The minimum Gasteiger partial charge on any atom is -0.496 e. The normalized spacial score (nSPS) is 13.8. The third-order valence-electron chi connectivity index (χ3n) is 6.89. The summed E-state index contributed by atoms with van der Waals surface area (Å²) in [6, 6.07) is 7.85. The highest BCUT2D eigenvalue weighted by Gasteiger charge is 2.34. The summed E-state index contributed by atoms with van der Waals surface area (Å²) in [5.74, 6) is 0.170. The van der Waals surface area contributed by atoms with E-state index in [1.165, 1.54) is 31.6 Å². The summed E-state index contributed by atoms with van der Waals surface area (Å²) in [5.41, 5.74) is 0.426. The number of alkyl halides is 3. The number of carbonyl (C=O) groups is 1. The van der Waals surface area contributed by atoms with Crippen LogP contribution in [0.25, 0.3) is 11.0 Å². The van der Waals surface area contributed by atoms with Crippen molar-refractivity contribution in [3.63, 3.8) is 0 Å². The van der Waals surface area contributed by atoms with Gasteiger partial charge in [0, 0.05) is 30.9 Å². The van der Waals surface area contributed by atoms with Crippen molar-refractivity contribution >= 4 is 40.1 Å². The number of hydrogen-bond donors (Lipinski definition) is 3. The van der Waals surface area contributed by atoms with E-state index in [0.717, 1.165) is 58.5 Å². The van der Waals surface area contributed by atoms with Gasteiger partial charge in [-0.25, -0.2) is 19.9 Å². The van der Waals surface area contributed by atoms with Gasteiger partial charge in [0.15, 0.2) is 5.82 Å². The number of hydrogen-bond acceptors (Lipinski definition) is 11. The van der Waals surface area contributed by atoms with E-state index >= 15 is 0 Å².